The Morgan fingerprint density at radius 3 is 2.63 bits per heavy atom. The largest absolute Gasteiger partial charge is 0.381 e. The number of hydrogen-bond acceptors (Lipinski definition) is 1. The highest BCUT2D eigenvalue weighted by Crippen LogP contribution is 2.20. The third-order valence-corrected chi connectivity index (χ3v) is 3.30. The molecule has 0 aliphatic heterocycles. The quantitative estimate of drug-likeness (QED) is 0.749. The molecule has 0 fully saturated rings. The third-order valence-electron chi connectivity index (χ3n) is 3.30. The van der Waals surface area contributed by atoms with E-state index in [1.807, 2.05) is 7.05 Å². The predicted molar refractivity (Wildman–Crippen MR) is 76.6 cm³/mol. The predicted octanol–water partition coefficient (Wildman–Crippen LogP) is 3.93. The maximum atomic E-state index is 12.8. The van der Waals surface area contributed by atoms with Crippen molar-refractivity contribution in [2.45, 2.75) is 6.54 Å². The Kier molecular flexibility index (Phi) is 2.95. The van der Waals surface area contributed by atoms with Crippen LogP contribution in [0.25, 0.3) is 10.9 Å². The van der Waals surface area contributed by atoms with Crippen LogP contribution in [0.15, 0.2) is 54.7 Å². The van der Waals surface area contributed by atoms with E-state index in [0.717, 1.165) is 11.3 Å². The molecule has 0 atom stereocenters. The number of hydrogen-bond donors (Lipinski definition) is 1. The molecule has 96 valence electrons. The van der Waals surface area contributed by atoms with Crippen LogP contribution in [-0.4, -0.2) is 4.57 Å². The van der Waals surface area contributed by atoms with Crippen molar-refractivity contribution in [3.05, 3.63) is 66.1 Å². The van der Waals surface area contributed by atoms with Crippen LogP contribution in [0.2, 0.25) is 0 Å². The molecule has 0 bridgehead atoms. The summed E-state index contributed by atoms with van der Waals surface area (Å²) in [4.78, 5) is 0. The normalized spacial score (nSPS) is 10.8. The second-order valence-corrected chi connectivity index (χ2v) is 4.68. The van der Waals surface area contributed by atoms with Crippen molar-refractivity contribution in [2.24, 2.45) is 7.05 Å². The maximum absolute atomic E-state index is 12.8. The van der Waals surface area contributed by atoms with Gasteiger partial charge in [-0.05, 0) is 42.0 Å². The zero-order chi connectivity index (χ0) is 13.2. The molecule has 0 unspecified atom stereocenters. The number of anilines is 1. The van der Waals surface area contributed by atoms with Gasteiger partial charge in [0.15, 0.2) is 0 Å². The molecule has 1 N–H and O–H groups in total. The topological polar surface area (TPSA) is 17.0 Å². The second kappa shape index (κ2) is 4.76. The fourth-order valence-electron chi connectivity index (χ4n) is 2.20. The Hall–Kier alpha value is -2.29. The molecular formula is C16H15FN2. The van der Waals surface area contributed by atoms with Gasteiger partial charge in [0.05, 0.1) is 0 Å². The maximum Gasteiger partial charge on any atom is 0.123 e. The molecular weight excluding hydrogens is 239 g/mol. The number of aromatic nitrogens is 1. The van der Waals surface area contributed by atoms with Gasteiger partial charge in [0.1, 0.15) is 5.82 Å². The Labute approximate surface area is 111 Å². The monoisotopic (exact) mass is 254 g/mol. The molecule has 3 rings (SSSR count). The molecule has 0 aliphatic rings. The number of rotatable bonds is 3. The van der Waals surface area contributed by atoms with Crippen LogP contribution in [0.1, 0.15) is 5.56 Å². The Morgan fingerprint density at radius 1 is 1.05 bits per heavy atom. The van der Waals surface area contributed by atoms with Gasteiger partial charge in [0, 0.05) is 36.4 Å². The van der Waals surface area contributed by atoms with Gasteiger partial charge in [-0.15, -0.1) is 0 Å². The molecule has 0 spiro atoms. The summed E-state index contributed by atoms with van der Waals surface area (Å²) < 4.78 is 14.9. The lowest BCUT2D eigenvalue weighted by molar-refractivity contribution is 0.627. The summed E-state index contributed by atoms with van der Waals surface area (Å²) in [7, 11) is 2.04. The molecule has 3 heteroatoms. The van der Waals surface area contributed by atoms with E-state index < -0.39 is 0 Å². The molecule has 0 saturated heterocycles. The van der Waals surface area contributed by atoms with Crippen molar-refractivity contribution >= 4 is 16.6 Å². The molecule has 2 aromatic carbocycles. The molecule has 19 heavy (non-hydrogen) atoms. The first-order valence-electron chi connectivity index (χ1n) is 6.26. The lowest BCUT2D eigenvalue weighted by atomic mass is 10.2. The van der Waals surface area contributed by atoms with E-state index in [4.69, 9.17) is 0 Å². The van der Waals surface area contributed by atoms with Gasteiger partial charge in [0.25, 0.3) is 0 Å². The van der Waals surface area contributed by atoms with Crippen LogP contribution in [0, 0.1) is 5.82 Å². The van der Waals surface area contributed by atoms with Crippen molar-refractivity contribution < 1.29 is 4.39 Å². The Morgan fingerprint density at radius 2 is 1.84 bits per heavy atom. The fraction of sp³-hybridized carbons (Fsp3) is 0.125. The minimum atomic E-state index is -0.200. The Bertz CT molecular complexity index is 698. The number of halogens is 1. The van der Waals surface area contributed by atoms with Crippen LogP contribution in [0.4, 0.5) is 10.1 Å². The van der Waals surface area contributed by atoms with Gasteiger partial charge in [-0.25, -0.2) is 4.39 Å². The van der Waals surface area contributed by atoms with Gasteiger partial charge in [-0.1, -0.05) is 12.1 Å². The van der Waals surface area contributed by atoms with E-state index in [1.54, 1.807) is 12.1 Å². The van der Waals surface area contributed by atoms with Gasteiger partial charge < -0.3 is 9.88 Å². The highest BCUT2D eigenvalue weighted by Gasteiger charge is 2.00. The first-order chi connectivity index (χ1) is 9.22. The third kappa shape index (κ3) is 2.45. The number of aryl methyl sites for hydroxylation is 1. The van der Waals surface area contributed by atoms with E-state index in [1.165, 1.54) is 23.0 Å². The lowest BCUT2D eigenvalue weighted by Crippen LogP contribution is -1.99. The number of benzene rings is 2. The Balaban J connectivity index is 1.76. The van der Waals surface area contributed by atoms with E-state index in [-0.39, 0.29) is 5.82 Å². The van der Waals surface area contributed by atoms with Crippen LogP contribution >= 0.6 is 0 Å². The van der Waals surface area contributed by atoms with E-state index in [0.29, 0.717) is 6.54 Å². The summed E-state index contributed by atoms with van der Waals surface area (Å²) in [5.41, 5.74) is 3.35. The van der Waals surface area contributed by atoms with E-state index in [9.17, 15) is 4.39 Å². The molecule has 1 aromatic heterocycles. The molecule has 3 aromatic rings. The SMILES string of the molecule is Cn1ccc2cc(NCc3ccc(F)cc3)ccc21. The molecule has 2 nitrogen and oxygen atoms in total. The number of nitrogens with one attached hydrogen (secondary N) is 1. The first kappa shape index (κ1) is 11.8. The van der Waals surface area contributed by atoms with Gasteiger partial charge in [-0.3, -0.25) is 0 Å². The van der Waals surface area contributed by atoms with E-state index >= 15 is 0 Å². The highest BCUT2D eigenvalue weighted by atomic mass is 19.1. The van der Waals surface area contributed by atoms with Crippen molar-refractivity contribution in [3.8, 4) is 0 Å². The van der Waals surface area contributed by atoms with Crippen molar-refractivity contribution in [2.75, 3.05) is 5.32 Å². The zero-order valence-corrected chi connectivity index (χ0v) is 10.7. The molecule has 0 aliphatic carbocycles. The average Bonchev–Trinajstić information content (AvgIpc) is 2.79. The molecule has 1 heterocycles. The first-order valence-corrected chi connectivity index (χ1v) is 6.26. The van der Waals surface area contributed by atoms with Crippen LogP contribution in [0.3, 0.4) is 0 Å². The highest BCUT2D eigenvalue weighted by molar-refractivity contribution is 5.83. The summed E-state index contributed by atoms with van der Waals surface area (Å²) in [5.74, 6) is -0.200. The molecule has 0 amide bonds. The summed E-state index contributed by atoms with van der Waals surface area (Å²) >= 11 is 0. The van der Waals surface area contributed by atoms with Gasteiger partial charge in [0.2, 0.25) is 0 Å². The van der Waals surface area contributed by atoms with Crippen LogP contribution in [0.5, 0.6) is 0 Å². The number of fused-ring (bicyclic) bond motifs is 1. The lowest BCUT2D eigenvalue weighted by Gasteiger charge is -2.07. The summed E-state index contributed by atoms with van der Waals surface area (Å²) in [5, 5.41) is 4.56. The van der Waals surface area contributed by atoms with Crippen molar-refractivity contribution in [1.82, 2.24) is 4.57 Å². The van der Waals surface area contributed by atoms with Gasteiger partial charge >= 0.3 is 0 Å². The minimum Gasteiger partial charge on any atom is -0.381 e. The average molecular weight is 254 g/mol. The second-order valence-electron chi connectivity index (χ2n) is 4.68. The van der Waals surface area contributed by atoms with Crippen LogP contribution < -0.4 is 5.32 Å². The standard InChI is InChI=1S/C16H15FN2/c1-19-9-8-13-10-15(6-7-16(13)19)18-11-12-2-4-14(17)5-3-12/h2-10,18H,11H2,1H3. The molecule has 0 saturated carbocycles. The smallest absolute Gasteiger partial charge is 0.123 e. The van der Waals surface area contributed by atoms with Crippen molar-refractivity contribution in [1.29, 1.82) is 0 Å². The van der Waals surface area contributed by atoms with Crippen LogP contribution in [-0.2, 0) is 13.6 Å². The van der Waals surface area contributed by atoms with E-state index in [2.05, 4.69) is 40.3 Å². The van der Waals surface area contributed by atoms with Gasteiger partial charge in [-0.2, -0.15) is 0 Å². The summed E-state index contributed by atoms with van der Waals surface area (Å²) in [6.45, 7) is 0.693. The summed E-state index contributed by atoms with van der Waals surface area (Å²) in [6, 6.07) is 14.9. The van der Waals surface area contributed by atoms with Crippen molar-refractivity contribution in [3.63, 3.8) is 0 Å². The zero-order valence-electron chi connectivity index (χ0n) is 10.7. The minimum absolute atomic E-state index is 0.200. The number of nitrogens with zero attached hydrogens (tertiary/aromatic N) is 1. The molecule has 0 radical (unpaired) electrons. The fourth-order valence-corrected chi connectivity index (χ4v) is 2.20. The summed E-state index contributed by atoms with van der Waals surface area (Å²) in [6.07, 6.45) is 2.05.